The molecule has 42 heavy (non-hydrogen) atoms. The van der Waals surface area contributed by atoms with E-state index >= 15 is 0 Å². The Hall–Kier alpha value is -3.19. The molecule has 6 fully saturated rings. The van der Waals surface area contributed by atoms with Crippen molar-refractivity contribution >= 4 is 40.0 Å². The van der Waals surface area contributed by atoms with E-state index < -0.39 is 5.60 Å². The average Bonchev–Trinajstić information content (AvgIpc) is 3.72. The van der Waals surface area contributed by atoms with Crippen LogP contribution in [-0.2, 0) is 0 Å². The molecule has 1 aromatic carbocycles. The van der Waals surface area contributed by atoms with Gasteiger partial charge in [0.2, 0.25) is 5.82 Å². The van der Waals surface area contributed by atoms with Crippen molar-refractivity contribution in [2.75, 3.05) is 25.0 Å². The number of H-pyrrole nitrogens is 1. The first-order chi connectivity index (χ1) is 20.2. The third-order valence-corrected chi connectivity index (χ3v) is 10.6. The lowest BCUT2D eigenvalue weighted by Crippen LogP contribution is -2.61. The zero-order valence-corrected chi connectivity index (χ0v) is 24.5. The largest absolute Gasteiger partial charge is 0.377 e. The number of benzene rings is 1. The smallest absolute Gasteiger partial charge is 0.291 e. The van der Waals surface area contributed by atoms with Gasteiger partial charge in [-0.3, -0.25) is 9.89 Å². The number of carbonyl (C=O) groups excluding carboxylic acids is 1. The number of hydrogen-bond donors (Lipinski definition) is 4. The van der Waals surface area contributed by atoms with Crippen LogP contribution in [0.3, 0.4) is 0 Å². The maximum Gasteiger partial charge on any atom is 0.291 e. The van der Waals surface area contributed by atoms with E-state index in [2.05, 4.69) is 44.6 Å². The van der Waals surface area contributed by atoms with Gasteiger partial charge < -0.3 is 20.6 Å². The van der Waals surface area contributed by atoms with E-state index in [4.69, 9.17) is 16.6 Å². The molecule has 0 radical (unpaired) electrons. The quantitative estimate of drug-likeness (QED) is 0.266. The molecule has 1 amide bonds. The number of halogens is 1. The summed E-state index contributed by atoms with van der Waals surface area (Å²) in [6.07, 6.45) is 7.09. The fraction of sp³-hybridized carbons (Fsp3) is 0.562. The first-order valence-electron chi connectivity index (χ1n) is 15.4. The van der Waals surface area contributed by atoms with Gasteiger partial charge in [0.25, 0.3) is 5.91 Å². The van der Waals surface area contributed by atoms with Crippen molar-refractivity contribution in [3.8, 4) is 11.8 Å². The Kier molecular flexibility index (Phi) is 6.08. The molecule has 1 aliphatic heterocycles. The molecule has 0 spiro atoms. The molecule has 1 saturated heterocycles. The third kappa shape index (κ3) is 4.64. The molecular formula is C32H36ClN7O2. The van der Waals surface area contributed by atoms with E-state index in [-0.39, 0.29) is 34.5 Å². The van der Waals surface area contributed by atoms with Gasteiger partial charge in [-0.1, -0.05) is 11.8 Å². The monoisotopic (exact) mass is 585 g/mol. The van der Waals surface area contributed by atoms with Crippen molar-refractivity contribution in [3.63, 3.8) is 0 Å². The fourth-order valence-corrected chi connectivity index (χ4v) is 8.64. The number of aliphatic hydroxyl groups is 1. The first kappa shape index (κ1) is 26.4. The van der Waals surface area contributed by atoms with Crippen LogP contribution in [0.4, 0.5) is 11.6 Å². The number of fused-ring (bicyclic) bond motifs is 1. The number of nitrogens with one attached hydrogen (secondary N) is 3. The van der Waals surface area contributed by atoms with Gasteiger partial charge in [0, 0.05) is 71.0 Å². The van der Waals surface area contributed by atoms with Crippen LogP contribution in [0.15, 0.2) is 24.3 Å². The molecule has 5 aliphatic carbocycles. The molecule has 2 aromatic heterocycles. The van der Waals surface area contributed by atoms with Crippen LogP contribution in [0.25, 0.3) is 10.9 Å². The molecule has 3 aromatic rings. The maximum absolute atomic E-state index is 13.5. The van der Waals surface area contributed by atoms with E-state index in [1.165, 1.54) is 12.8 Å². The normalized spacial score (nSPS) is 33.5. The lowest BCUT2D eigenvalue weighted by Gasteiger charge is -2.60. The SMILES string of the molecule is C[C@@H]1CN(C(=O)c2nc(Nc3cc(C4CC4)[nH]n3)c3cc(C#CC4(O)C5CC6CC4CC(Cl)(C6)C5)ccc3n2)CCN1. The second-order valence-corrected chi connectivity index (χ2v) is 14.2. The highest BCUT2D eigenvalue weighted by Gasteiger charge is 2.61. The number of rotatable bonds is 4. The number of piperazine rings is 1. The number of carbonyl (C=O) groups is 1. The molecule has 6 aliphatic rings. The molecule has 4 N–H and O–H groups in total. The first-order valence-corrected chi connectivity index (χ1v) is 15.7. The minimum absolute atomic E-state index is 0.122. The lowest BCUT2D eigenvalue weighted by molar-refractivity contribution is -0.129. The number of aromatic amines is 1. The molecule has 9 nitrogen and oxygen atoms in total. The number of amides is 1. The Morgan fingerprint density at radius 3 is 2.71 bits per heavy atom. The minimum atomic E-state index is -1.01. The third-order valence-electron chi connectivity index (χ3n) is 10.2. The van der Waals surface area contributed by atoms with Gasteiger partial charge in [-0.05, 0) is 76.0 Å². The summed E-state index contributed by atoms with van der Waals surface area (Å²) < 4.78 is 0. The Bertz CT molecular complexity index is 1620. The average molecular weight is 586 g/mol. The highest BCUT2D eigenvalue weighted by molar-refractivity contribution is 6.24. The van der Waals surface area contributed by atoms with E-state index in [9.17, 15) is 9.90 Å². The van der Waals surface area contributed by atoms with E-state index in [1.54, 1.807) is 0 Å². The van der Waals surface area contributed by atoms with E-state index in [1.807, 2.05) is 29.2 Å². The van der Waals surface area contributed by atoms with Crippen molar-refractivity contribution in [1.82, 2.24) is 30.4 Å². The van der Waals surface area contributed by atoms with E-state index in [0.717, 1.165) is 55.3 Å². The fourth-order valence-electron chi connectivity index (χ4n) is 8.05. The maximum atomic E-state index is 13.5. The number of aromatic nitrogens is 4. The Morgan fingerprint density at radius 2 is 1.98 bits per heavy atom. The Balaban J connectivity index is 1.14. The molecule has 4 bridgehead atoms. The van der Waals surface area contributed by atoms with Gasteiger partial charge in [0.1, 0.15) is 11.4 Å². The highest BCUT2D eigenvalue weighted by atomic mass is 35.5. The molecule has 3 heterocycles. The van der Waals surface area contributed by atoms with Crippen LogP contribution in [0, 0.1) is 29.6 Å². The lowest BCUT2D eigenvalue weighted by atomic mass is 9.49. The number of alkyl halides is 1. The van der Waals surface area contributed by atoms with Crippen LogP contribution < -0.4 is 10.6 Å². The number of hydrogen-bond acceptors (Lipinski definition) is 7. The second kappa shape index (κ2) is 9.66. The molecule has 3 atom stereocenters. The number of nitrogens with zero attached hydrogens (tertiary/aromatic N) is 4. The van der Waals surface area contributed by atoms with Crippen molar-refractivity contribution in [2.45, 2.75) is 74.3 Å². The summed E-state index contributed by atoms with van der Waals surface area (Å²) in [4.78, 5) is 24.6. The Labute approximate surface area is 250 Å². The van der Waals surface area contributed by atoms with Gasteiger partial charge in [-0.15, -0.1) is 11.6 Å². The highest BCUT2D eigenvalue weighted by Crippen LogP contribution is 2.62. The predicted molar refractivity (Wildman–Crippen MR) is 161 cm³/mol. The van der Waals surface area contributed by atoms with Gasteiger partial charge in [0.15, 0.2) is 5.82 Å². The standard InChI is InChI=1S/C32H36ClN7O2/c1-18-17-40(9-8-34-18)30(41)29-35-25-5-2-19(6-7-32(42)22-10-20-11-23(32)16-31(33,14-20)15-22)12-24(25)28(37-29)36-27-13-26(38-39-27)21-3-4-21/h2,5,12-13,18,20-23,34,42H,3-4,8-11,14-17H2,1H3,(H2,35,36,37,38,39)/t18-,20?,22?,23?,31?,32?/m1/s1. The van der Waals surface area contributed by atoms with Crippen molar-refractivity contribution in [2.24, 2.45) is 17.8 Å². The van der Waals surface area contributed by atoms with Gasteiger partial charge in [-0.2, -0.15) is 5.10 Å². The molecule has 10 heteroatoms. The van der Waals surface area contributed by atoms with Crippen molar-refractivity contribution in [1.29, 1.82) is 0 Å². The van der Waals surface area contributed by atoms with Gasteiger partial charge >= 0.3 is 0 Å². The second-order valence-electron chi connectivity index (χ2n) is 13.4. The molecule has 5 saturated carbocycles. The van der Waals surface area contributed by atoms with E-state index in [0.29, 0.717) is 42.1 Å². The van der Waals surface area contributed by atoms with Crippen LogP contribution >= 0.6 is 11.6 Å². The molecule has 9 rings (SSSR count). The molecule has 2 unspecified atom stereocenters. The Morgan fingerprint density at radius 1 is 1.17 bits per heavy atom. The van der Waals surface area contributed by atoms with Crippen molar-refractivity contribution < 1.29 is 9.90 Å². The summed E-state index contributed by atoms with van der Waals surface area (Å²) in [6.45, 7) is 4.03. The predicted octanol–water partition coefficient (Wildman–Crippen LogP) is 4.31. The van der Waals surface area contributed by atoms with Crippen LogP contribution in [-0.4, -0.2) is 72.2 Å². The minimum Gasteiger partial charge on any atom is -0.377 e. The number of anilines is 2. The van der Waals surface area contributed by atoms with Gasteiger partial charge in [0.05, 0.1) is 5.52 Å². The van der Waals surface area contributed by atoms with Crippen LogP contribution in [0.1, 0.15) is 79.7 Å². The summed E-state index contributed by atoms with van der Waals surface area (Å²) in [6, 6.07) is 7.97. The zero-order chi connectivity index (χ0) is 28.6. The van der Waals surface area contributed by atoms with Crippen LogP contribution in [0.2, 0.25) is 0 Å². The molecule has 218 valence electrons. The summed E-state index contributed by atoms with van der Waals surface area (Å²) in [5.74, 6) is 9.14. The zero-order valence-electron chi connectivity index (χ0n) is 23.8. The summed E-state index contributed by atoms with van der Waals surface area (Å²) in [5.41, 5.74) is 1.52. The topological polar surface area (TPSA) is 119 Å². The van der Waals surface area contributed by atoms with Gasteiger partial charge in [-0.25, -0.2) is 9.97 Å². The van der Waals surface area contributed by atoms with Crippen LogP contribution in [0.5, 0.6) is 0 Å². The summed E-state index contributed by atoms with van der Waals surface area (Å²) in [7, 11) is 0. The summed E-state index contributed by atoms with van der Waals surface area (Å²) in [5, 5.41) is 26.9. The molecular weight excluding hydrogens is 550 g/mol. The van der Waals surface area contributed by atoms with Crippen molar-refractivity contribution in [3.05, 3.63) is 41.3 Å². The summed E-state index contributed by atoms with van der Waals surface area (Å²) >= 11 is 6.92.